The maximum absolute atomic E-state index is 10.9. The van der Waals surface area contributed by atoms with E-state index < -0.39 is 12.1 Å². The Morgan fingerprint density at radius 1 is 0.958 bits per heavy atom. The Morgan fingerprint density at radius 3 is 2.17 bits per heavy atom. The molecule has 2 atom stereocenters. The number of hydrogen-bond acceptors (Lipinski definition) is 3. The molecule has 0 fully saturated rings. The summed E-state index contributed by atoms with van der Waals surface area (Å²) in [6.07, 6.45) is 19.4. The lowest BCUT2D eigenvalue weighted by Gasteiger charge is -2.18. The number of nitrogens with one attached hydrogen (secondary N) is 1. The predicted octanol–water partition coefficient (Wildman–Crippen LogP) is 3.88. The Hall–Kier alpha value is -1.13. The lowest BCUT2D eigenvalue weighted by atomic mass is 10.1. The standard InChI is InChI=1S/C20H37NO3/c1-3-4-5-6-7-8-9-10-11-12-13-14-15-16-20(24)19(17-22)21-18(2)23/h11-12,15-16,19-20,22,24H,3-10,13-14,17H2,1-2H3,(H,21,23)/b12-11+,16-15+. The van der Waals surface area contributed by atoms with Crippen LogP contribution in [-0.4, -0.2) is 34.9 Å². The van der Waals surface area contributed by atoms with Gasteiger partial charge >= 0.3 is 0 Å². The van der Waals surface area contributed by atoms with Crippen LogP contribution in [0.5, 0.6) is 0 Å². The number of aliphatic hydroxyl groups is 2. The average molecular weight is 340 g/mol. The zero-order valence-corrected chi connectivity index (χ0v) is 15.5. The van der Waals surface area contributed by atoms with Crippen LogP contribution in [-0.2, 0) is 4.79 Å². The van der Waals surface area contributed by atoms with E-state index in [1.54, 1.807) is 6.08 Å². The van der Waals surface area contributed by atoms with E-state index in [9.17, 15) is 9.90 Å². The Labute approximate surface area is 148 Å². The molecular formula is C20H37NO3. The van der Waals surface area contributed by atoms with Gasteiger partial charge in [-0.25, -0.2) is 0 Å². The fourth-order valence-corrected chi connectivity index (χ4v) is 2.52. The third-order valence-corrected chi connectivity index (χ3v) is 3.97. The molecule has 24 heavy (non-hydrogen) atoms. The molecule has 0 rings (SSSR count). The van der Waals surface area contributed by atoms with E-state index in [0.717, 1.165) is 19.3 Å². The molecule has 0 aromatic carbocycles. The van der Waals surface area contributed by atoms with Crippen molar-refractivity contribution in [2.45, 2.75) is 90.2 Å². The van der Waals surface area contributed by atoms with Gasteiger partial charge < -0.3 is 15.5 Å². The average Bonchev–Trinajstić information content (AvgIpc) is 2.56. The van der Waals surface area contributed by atoms with Crippen molar-refractivity contribution in [3.8, 4) is 0 Å². The summed E-state index contributed by atoms with van der Waals surface area (Å²) in [7, 11) is 0. The molecule has 2 unspecified atom stereocenters. The molecule has 0 spiro atoms. The van der Waals surface area contributed by atoms with E-state index in [4.69, 9.17) is 5.11 Å². The quantitative estimate of drug-likeness (QED) is 0.313. The van der Waals surface area contributed by atoms with E-state index in [0.29, 0.717) is 0 Å². The summed E-state index contributed by atoms with van der Waals surface area (Å²) in [5.74, 6) is -0.255. The minimum Gasteiger partial charge on any atom is -0.394 e. The van der Waals surface area contributed by atoms with Gasteiger partial charge in [0.15, 0.2) is 0 Å². The lowest BCUT2D eigenvalue weighted by Crippen LogP contribution is -2.44. The van der Waals surface area contributed by atoms with Crippen LogP contribution in [0.2, 0.25) is 0 Å². The lowest BCUT2D eigenvalue weighted by molar-refractivity contribution is -0.120. The number of aliphatic hydroxyl groups excluding tert-OH is 2. The van der Waals surface area contributed by atoms with Gasteiger partial charge in [0.25, 0.3) is 0 Å². The third kappa shape index (κ3) is 14.5. The van der Waals surface area contributed by atoms with Gasteiger partial charge in [0.2, 0.25) is 5.91 Å². The number of allylic oxidation sites excluding steroid dienone is 3. The Balaban J connectivity index is 3.61. The molecule has 0 saturated heterocycles. The summed E-state index contributed by atoms with van der Waals surface area (Å²) in [4.78, 5) is 10.9. The smallest absolute Gasteiger partial charge is 0.217 e. The van der Waals surface area contributed by atoms with Crippen LogP contribution >= 0.6 is 0 Å². The van der Waals surface area contributed by atoms with Gasteiger partial charge in [-0.05, 0) is 25.7 Å². The van der Waals surface area contributed by atoms with Crippen molar-refractivity contribution in [2.75, 3.05) is 6.61 Å². The molecule has 0 heterocycles. The summed E-state index contributed by atoms with van der Waals surface area (Å²) in [5, 5.41) is 21.5. The molecule has 0 saturated carbocycles. The van der Waals surface area contributed by atoms with Crippen molar-refractivity contribution >= 4 is 5.91 Å². The van der Waals surface area contributed by atoms with E-state index in [2.05, 4.69) is 24.4 Å². The SMILES string of the molecule is CCCCCCCCC/C=C/CC/C=C/C(O)C(CO)NC(C)=O. The van der Waals surface area contributed by atoms with Crippen LogP contribution in [0.3, 0.4) is 0 Å². The molecule has 0 aliphatic heterocycles. The predicted molar refractivity (Wildman–Crippen MR) is 101 cm³/mol. The monoisotopic (exact) mass is 339 g/mol. The minimum absolute atomic E-state index is 0.255. The molecule has 140 valence electrons. The normalized spacial score (nSPS) is 14.3. The Morgan fingerprint density at radius 2 is 1.54 bits per heavy atom. The summed E-state index contributed by atoms with van der Waals surface area (Å²) >= 11 is 0. The highest BCUT2D eigenvalue weighted by Gasteiger charge is 2.15. The van der Waals surface area contributed by atoms with E-state index in [1.807, 2.05) is 6.08 Å². The molecule has 0 bridgehead atoms. The van der Waals surface area contributed by atoms with Crippen molar-refractivity contribution in [1.29, 1.82) is 0 Å². The van der Waals surface area contributed by atoms with Crippen molar-refractivity contribution in [3.63, 3.8) is 0 Å². The van der Waals surface area contributed by atoms with Gasteiger partial charge in [-0.1, -0.05) is 69.8 Å². The first-order chi connectivity index (χ1) is 11.6. The molecular weight excluding hydrogens is 302 g/mol. The number of carbonyl (C=O) groups is 1. The van der Waals surface area contributed by atoms with Crippen molar-refractivity contribution in [1.82, 2.24) is 5.32 Å². The van der Waals surface area contributed by atoms with Gasteiger partial charge in [0, 0.05) is 6.92 Å². The van der Waals surface area contributed by atoms with Crippen LogP contribution in [0.25, 0.3) is 0 Å². The Kier molecular flexibility index (Phi) is 15.9. The van der Waals surface area contributed by atoms with Crippen molar-refractivity contribution in [2.24, 2.45) is 0 Å². The van der Waals surface area contributed by atoms with Crippen LogP contribution in [0.15, 0.2) is 24.3 Å². The van der Waals surface area contributed by atoms with Crippen molar-refractivity contribution < 1.29 is 15.0 Å². The van der Waals surface area contributed by atoms with Crippen LogP contribution in [0.4, 0.5) is 0 Å². The van der Waals surface area contributed by atoms with E-state index in [-0.39, 0.29) is 12.5 Å². The summed E-state index contributed by atoms with van der Waals surface area (Å²) in [5.41, 5.74) is 0. The van der Waals surface area contributed by atoms with E-state index >= 15 is 0 Å². The van der Waals surface area contributed by atoms with Crippen molar-refractivity contribution in [3.05, 3.63) is 24.3 Å². The zero-order chi connectivity index (χ0) is 18.0. The second kappa shape index (κ2) is 16.7. The third-order valence-electron chi connectivity index (χ3n) is 3.97. The van der Waals surface area contributed by atoms with Crippen LogP contribution in [0.1, 0.15) is 78.1 Å². The first-order valence-electron chi connectivity index (χ1n) is 9.49. The number of carbonyl (C=O) groups excluding carboxylic acids is 1. The fourth-order valence-electron chi connectivity index (χ4n) is 2.52. The zero-order valence-electron chi connectivity index (χ0n) is 15.5. The molecule has 0 aliphatic carbocycles. The summed E-state index contributed by atoms with van der Waals surface area (Å²) in [6, 6.07) is -0.633. The number of unbranched alkanes of at least 4 members (excludes halogenated alkanes) is 8. The molecule has 1 amide bonds. The second-order valence-electron chi connectivity index (χ2n) is 6.37. The maximum atomic E-state index is 10.9. The number of amides is 1. The minimum atomic E-state index is -0.851. The second-order valence-corrected chi connectivity index (χ2v) is 6.37. The molecule has 0 radical (unpaired) electrons. The molecule has 4 nitrogen and oxygen atoms in total. The van der Waals surface area contributed by atoms with Gasteiger partial charge in [-0.15, -0.1) is 0 Å². The van der Waals surface area contributed by atoms with Gasteiger partial charge in [0.1, 0.15) is 0 Å². The topological polar surface area (TPSA) is 69.6 Å². The summed E-state index contributed by atoms with van der Waals surface area (Å²) in [6.45, 7) is 3.34. The molecule has 0 aromatic rings. The maximum Gasteiger partial charge on any atom is 0.217 e. The highest BCUT2D eigenvalue weighted by atomic mass is 16.3. The molecule has 3 N–H and O–H groups in total. The number of rotatable bonds is 15. The molecule has 0 aliphatic rings. The summed E-state index contributed by atoms with van der Waals surface area (Å²) < 4.78 is 0. The first-order valence-corrected chi connectivity index (χ1v) is 9.49. The Bertz CT molecular complexity index is 353. The van der Waals surface area contributed by atoms with Crippen LogP contribution in [0, 0.1) is 0 Å². The van der Waals surface area contributed by atoms with Gasteiger partial charge in [0.05, 0.1) is 18.8 Å². The van der Waals surface area contributed by atoms with Crippen LogP contribution < -0.4 is 5.32 Å². The highest BCUT2D eigenvalue weighted by Crippen LogP contribution is 2.09. The van der Waals surface area contributed by atoms with Gasteiger partial charge in [-0.3, -0.25) is 4.79 Å². The fraction of sp³-hybridized carbons (Fsp3) is 0.750. The van der Waals surface area contributed by atoms with Gasteiger partial charge in [-0.2, -0.15) is 0 Å². The molecule has 4 heteroatoms. The largest absolute Gasteiger partial charge is 0.394 e. The first kappa shape index (κ1) is 22.9. The number of hydrogen-bond donors (Lipinski definition) is 3. The molecule has 0 aromatic heterocycles. The highest BCUT2D eigenvalue weighted by molar-refractivity contribution is 5.73. The van der Waals surface area contributed by atoms with E-state index in [1.165, 1.54) is 51.9 Å².